The van der Waals surface area contributed by atoms with Crippen LogP contribution in [-0.4, -0.2) is 45.1 Å². The molecule has 140 valence electrons. The topological polar surface area (TPSA) is 132 Å². The Hall–Kier alpha value is -2.45. The first-order valence-corrected chi connectivity index (χ1v) is 8.70. The largest absolute Gasteiger partial charge is 0.368 e. The SMILES string of the molecule is CCCCCCCC(=O)NC(CC(=O)NCCn1cnnc1)C(N)=O. The zero-order valence-corrected chi connectivity index (χ0v) is 14.7. The number of aromatic nitrogens is 3. The first kappa shape index (κ1) is 20.6. The molecule has 1 aromatic heterocycles. The molecule has 1 rings (SSSR count). The number of nitrogens with two attached hydrogens (primary N) is 1. The van der Waals surface area contributed by atoms with E-state index in [2.05, 4.69) is 27.8 Å². The van der Waals surface area contributed by atoms with Crippen molar-refractivity contribution < 1.29 is 14.4 Å². The van der Waals surface area contributed by atoms with Crippen LogP contribution in [0, 0.1) is 0 Å². The molecule has 0 spiro atoms. The summed E-state index contributed by atoms with van der Waals surface area (Å²) in [7, 11) is 0. The van der Waals surface area contributed by atoms with Crippen LogP contribution in [0.2, 0.25) is 0 Å². The van der Waals surface area contributed by atoms with E-state index < -0.39 is 11.9 Å². The number of amides is 3. The zero-order chi connectivity index (χ0) is 18.5. The molecule has 9 heteroatoms. The summed E-state index contributed by atoms with van der Waals surface area (Å²) in [6.45, 7) is 3.01. The lowest BCUT2D eigenvalue weighted by molar-refractivity contribution is -0.130. The van der Waals surface area contributed by atoms with Crippen LogP contribution in [0.4, 0.5) is 0 Å². The van der Waals surface area contributed by atoms with Gasteiger partial charge in [0.25, 0.3) is 0 Å². The highest BCUT2D eigenvalue weighted by atomic mass is 16.2. The Balaban J connectivity index is 2.26. The summed E-state index contributed by atoms with van der Waals surface area (Å²) < 4.78 is 1.71. The maximum Gasteiger partial charge on any atom is 0.240 e. The third-order valence-corrected chi connectivity index (χ3v) is 3.73. The van der Waals surface area contributed by atoms with Crippen LogP contribution in [0.1, 0.15) is 51.9 Å². The summed E-state index contributed by atoms with van der Waals surface area (Å²) in [5.41, 5.74) is 5.28. The second-order valence-corrected chi connectivity index (χ2v) is 5.94. The van der Waals surface area contributed by atoms with E-state index in [0.717, 1.165) is 32.1 Å². The molecule has 0 aliphatic rings. The minimum Gasteiger partial charge on any atom is -0.368 e. The minimum absolute atomic E-state index is 0.168. The minimum atomic E-state index is -0.988. The lowest BCUT2D eigenvalue weighted by Crippen LogP contribution is -2.47. The van der Waals surface area contributed by atoms with Crippen molar-refractivity contribution in [2.75, 3.05) is 6.54 Å². The van der Waals surface area contributed by atoms with Gasteiger partial charge in [-0.25, -0.2) is 0 Å². The van der Waals surface area contributed by atoms with E-state index >= 15 is 0 Å². The summed E-state index contributed by atoms with van der Waals surface area (Å²) in [5, 5.41) is 12.5. The Kier molecular flexibility index (Phi) is 9.88. The number of unbranched alkanes of at least 4 members (excludes halogenated alkanes) is 4. The van der Waals surface area contributed by atoms with Gasteiger partial charge >= 0.3 is 0 Å². The summed E-state index contributed by atoms with van der Waals surface area (Å²) in [4.78, 5) is 35.2. The van der Waals surface area contributed by atoms with Crippen LogP contribution in [0.15, 0.2) is 12.7 Å². The van der Waals surface area contributed by atoms with Crippen molar-refractivity contribution in [1.82, 2.24) is 25.4 Å². The quantitative estimate of drug-likeness (QED) is 0.434. The molecule has 9 nitrogen and oxygen atoms in total. The van der Waals surface area contributed by atoms with Crippen LogP contribution < -0.4 is 16.4 Å². The molecule has 3 amide bonds. The molecular weight excluding hydrogens is 324 g/mol. The van der Waals surface area contributed by atoms with Crippen molar-refractivity contribution in [3.05, 3.63) is 12.7 Å². The fraction of sp³-hybridized carbons (Fsp3) is 0.688. The highest BCUT2D eigenvalue weighted by Crippen LogP contribution is 2.05. The maximum absolute atomic E-state index is 11.9. The molecule has 25 heavy (non-hydrogen) atoms. The van der Waals surface area contributed by atoms with Crippen molar-refractivity contribution in [3.8, 4) is 0 Å². The summed E-state index contributed by atoms with van der Waals surface area (Å²) in [6.07, 6.45) is 8.38. The van der Waals surface area contributed by atoms with Gasteiger partial charge in [-0.3, -0.25) is 14.4 Å². The summed E-state index contributed by atoms with van der Waals surface area (Å²) in [5.74, 6) is -1.31. The molecule has 0 aliphatic carbocycles. The smallest absolute Gasteiger partial charge is 0.240 e. The molecule has 0 saturated heterocycles. The fourth-order valence-electron chi connectivity index (χ4n) is 2.30. The third-order valence-electron chi connectivity index (χ3n) is 3.73. The van der Waals surface area contributed by atoms with Crippen LogP contribution in [0.5, 0.6) is 0 Å². The molecule has 4 N–H and O–H groups in total. The Bertz CT molecular complexity index is 532. The molecule has 0 radical (unpaired) electrons. The van der Waals surface area contributed by atoms with Crippen LogP contribution in [0.3, 0.4) is 0 Å². The number of nitrogens with one attached hydrogen (secondary N) is 2. The van der Waals surface area contributed by atoms with E-state index in [1.807, 2.05) is 0 Å². The average Bonchev–Trinajstić information content (AvgIpc) is 3.07. The number of nitrogens with zero attached hydrogens (tertiary/aromatic N) is 3. The van der Waals surface area contributed by atoms with Gasteiger partial charge < -0.3 is 20.9 Å². The normalized spacial score (nSPS) is 11.7. The number of hydrogen-bond donors (Lipinski definition) is 3. The lowest BCUT2D eigenvalue weighted by atomic mass is 10.1. The fourth-order valence-corrected chi connectivity index (χ4v) is 2.30. The standard InChI is InChI=1S/C16H28N6O3/c1-2-3-4-5-6-7-14(23)21-13(16(17)25)10-15(24)18-8-9-22-11-19-20-12-22/h11-13H,2-10H2,1H3,(H2,17,25)(H,18,24)(H,21,23). The van der Waals surface area contributed by atoms with Crippen molar-refractivity contribution in [2.24, 2.45) is 5.73 Å². The van der Waals surface area contributed by atoms with Crippen LogP contribution in [-0.2, 0) is 20.9 Å². The molecule has 1 aromatic rings. The number of primary amides is 1. The Morgan fingerprint density at radius 1 is 1.08 bits per heavy atom. The van der Waals surface area contributed by atoms with Crippen molar-refractivity contribution in [2.45, 2.75) is 64.5 Å². The van der Waals surface area contributed by atoms with E-state index in [0.29, 0.717) is 19.5 Å². The summed E-state index contributed by atoms with van der Waals surface area (Å²) in [6, 6.07) is -0.988. The van der Waals surface area contributed by atoms with Gasteiger partial charge in [-0.05, 0) is 6.42 Å². The first-order chi connectivity index (χ1) is 12.0. The number of rotatable bonds is 13. The Morgan fingerprint density at radius 2 is 1.76 bits per heavy atom. The molecule has 1 atom stereocenters. The monoisotopic (exact) mass is 352 g/mol. The lowest BCUT2D eigenvalue weighted by Gasteiger charge is -2.15. The van der Waals surface area contributed by atoms with Gasteiger partial charge in [0, 0.05) is 19.5 Å². The highest BCUT2D eigenvalue weighted by Gasteiger charge is 2.21. The Labute approximate surface area is 147 Å². The van der Waals surface area contributed by atoms with Gasteiger partial charge in [0.15, 0.2) is 0 Å². The van der Waals surface area contributed by atoms with Gasteiger partial charge in [0.2, 0.25) is 17.7 Å². The predicted octanol–water partition coefficient (Wildman–Crippen LogP) is 0.115. The second-order valence-electron chi connectivity index (χ2n) is 5.94. The zero-order valence-electron chi connectivity index (χ0n) is 14.7. The molecule has 0 aliphatic heterocycles. The first-order valence-electron chi connectivity index (χ1n) is 8.70. The van der Waals surface area contributed by atoms with Crippen molar-refractivity contribution in [1.29, 1.82) is 0 Å². The number of hydrogen-bond acceptors (Lipinski definition) is 5. The van der Waals surface area contributed by atoms with Crippen LogP contribution >= 0.6 is 0 Å². The van der Waals surface area contributed by atoms with Gasteiger partial charge in [-0.15, -0.1) is 10.2 Å². The van der Waals surface area contributed by atoms with Gasteiger partial charge in [-0.2, -0.15) is 0 Å². The molecule has 0 fully saturated rings. The van der Waals surface area contributed by atoms with Gasteiger partial charge in [0.05, 0.1) is 6.42 Å². The highest BCUT2D eigenvalue weighted by molar-refractivity contribution is 5.91. The van der Waals surface area contributed by atoms with Gasteiger partial charge in [-0.1, -0.05) is 32.6 Å². The van der Waals surface area contributed by atoms with Crippen molar-refractivity contribution >= 4 is 17.7 Å². The number of carbonyl (C=O) groups excluding carboxylic acids is 3. The molecule has 0 bridgehead atoms. The Morgan fingerprint density at radius 3 is 2.40 bits per heavy atom. The summed E-state index contributed by atoms with van der Waals surface area (Å²) >= 11 is 0. The second kappa shape index (κ2) is 12.0. The maximum atomic E-state index is 11.9. The van der Waals surface area contributed by atoms with E-state index in [1.165, 1.54) is 0 Å². The molecule has 1 unspecified atom stereocenters. The van der Waals surface area contributed by atoms with E-state index in [4.69, 9.17) is 5.73 Å². The van der Waals surface area contributed by atoms with E-state index in [9.17, 15) is 14.4 Å². The van der Waals surface area contributed by atoms with Crippen LogP contribution in [0.25, 0.3) is 0 Å². The predicted molar refractivity (Wildman–Crippen MR) is 92.1 cm³/mol. The molecule has 0 aromatic carbocycles. The average molecular weight is 352 g/mol. The molecular formula is C16H28N6O3. The van der Waals surface area contributed by atoms with E-state index in [-0.39, 0.29) is 18.2 Å². The van der Waals surface area contributed by atoms with Gasteiger partial charge in [0.1, 0.15) is 18.7 Å². The molecule has 1 heterocycles. The van der Waals surface area contributed by atoms with Crippen molar-refractivity contribution in [3.63, 3.8) is 0 Å². The molecule has 0 saturated carbocycles. The third kappa shape index (κ3) is 9.43. The van der Waals surface area contributed by atoms with E-state index in [1.54, 1.807) is 17.2 Å². The number of carbonyl (C=O) groups is 3.